The van der Waals surface area contributed by atoms with Gasteiger partial charge >= 0.3 is 0 Å². The fraction of sp³-hybridized carbons (Fsp3) is 0.364. The smallest absolute Gasteiger partial charge is 0.253 e. The van der Waals surface area contributed by atoms with E-state index in [1.54, 1.807) is 6.26 Å². The van der Waals surface area contributed by atoms with Crippen molar-refractivity contribution in [3.63, 3.8) is 0 Å². The van der Waals surface area contributed by atoms with Crippen molar-refractivity contribution in [1.82, 2.24) is 15.2 Å². The lowest BCUT2D eigenvalue weighted by molar-refractivity contribution is 0.174. The van der Waals surface area contributed by atoms with Crippen LogP contribution in [0.1, 0.15) is 37.0 Å². The molecule has 2 aromatic heterocycles. The van der Waals surface area contributed by atoms with Crippen LogP contribution in [-0.4, -0.2) is 27.8 Å². The first kappa shape index (κ1) is 19.0. The highest BCUT2D eigenvalue weighted by Gasteiger charge is 2.26. The number of pyridine rings is 1. The van der Waals surface area contributed by atoms with Crippen molar-refractivity contribution >= 4 is 28.2 Å². The number of fused-ring (bicyclic) bond motifs is 2. The predicted molar refractivity (Wildman–Crippen MR) is 117 cm³/mol. The molecule has 1 fully saturated rings. The number of thiocarbonyl (C=S) groups is 1. The molecule has 0 radical (unpaired) electrons. The number of rotatable bonds is 5. The van der Waals surface area contributed by atoms with Gasteiger partial charge in [-0.15, -0.1) is 0 Å². The van der Waals surface area contributed by atoms with Gasteiger partial charge in [-0.3, -0.25) is 4.79 Å². The van der Waals surface area contributed by atoms with Gasteiger partial charge in [-0.2, -0.15) is 0 Å². The highest BCUT2D eigenvalue weighted by atomic mass is 32.1. The van der Waals surface area contributed by atoms with E-state index in [4.69, 9.17) is 26.1 Å². The maximum absolute atomic E-state index is 12.8. The van der Waals surface area contributed by atoms with Crippen molar-refractivity contribution in [1.29, 1.82) is 0 Å². The van der Waals surface area contributed by atoms with E-state index in [1.165, 1.54) is 12.8 Å². The Labute approximate surface area is 179 Å². The van der Waals surface area contributed by atoms with Crippen molar-refractivity contribution in [3.05, 3.63) is 58.3 Å². The van der Waals surface area contributed by atoms with E-state index >= 15 is 0 Å². The van der Waals surface area contributed by atoms with Crippen LogP contribution in [0, 0.1) is 0 Å². The molecule has 3 heterocycles. The maximum atomic E-state index is 12.8. The SMILES string of the molecule is O=c1[nH]c2cc3c(cc2cc1CN(C(=S)NCc1ccco1)C1CCCC1)OCO3. The molecule has 0 bridgehead atoms. The van der Waals surface area contributed by atoms with Crippen molar-refractivity contribution < 1.29 is 13.9 Å². The summed E-state index contributed by atoms with van der Waals surface area (Å²) in [5, 5.41) is 4.84. The molecule has 156 valence electrons. The molecule has 3 aromatic rings. The first-order chi connectivity index (χ1) is 14.7. The maximum Gasteiger partial charge on any atom is 0.253 e. The normalized spacial score (nSPS) is 15.6. The largest absolute Gasteiger partial charge is 0.467 e. The van der Waals surface area contributed by atoms with Gasteiger partial charge in [0.15, 0.2) is 16.6 Å². The fourth-order valence-electron chi connectivity index (χ4n) is 4.20. The van der Waals surface area contributed by atoms with Gasteiger partial charge in [-0.25, -0.2) is 0 Å². The summed E-state index contributed by atoms with van der Waals surface area (Å²) in [5.41, 5.74) is 1.30. The third-order valence-corrected chi connectivity index (χ3v) is 6.15. The molecule has 5 rings (SSSR count). The van der Waals surface area contributed by atoms with Gasteiger partial charge in [-0.1, -0.05) is 12.8 Å². The minimum Gasteiger partial charge on any atom is -0.467 e. The molecule has 0 saturated heterocycles. The average Bonchev–Trinajstić information content (AvgIpc) is 3.51. The molecule has 1 aromatic carbocycles. The topological polar surface area (TPSA) is 79.7 Å². The second kappa shape index (κ2) is 8.02. The number of nitrogens with zero attached hydrogens (tertiary/aromatic N) is 1. The quantitative estimate of drug-likeness (QED) is 0.604. The van der Waals surface area contributed by atoms with Crippen LogP contribution in [0.25, 0.3) is 10.9 Å². The number of aromatic amines is 1. The van der Waals surface area contributed by atoms with Crippen LogP contribution < -0.4 is 20.3 Å². The molecule has 0 atom stereocenters. The Morgan fingerprint density at radius 2 is 2.00 bits per heavy atom. The lowest BCUT2D eigenvalue weighted by Gasteiger charge is -2.31. The van der Waals surface area contributed by atoms with Gasteiger partial charge in [0.2, 0.25) is 6.79 Å². The van der Waals surface area contributed by atoms with Crippen LogP contribution in [-0.2, 0) is 13.1 Å². The van der Waals surface area contributed by atoms with Crippen LogP contribution in [0.4, 0.5) is 0 Å². The Balaban J connectivity index is 1.41. The molecule has 1 saturated carbocycles. The van der Waals surface area contributed by atoms with Gasteiger partial charge in [0.25, 0.3) is 5.56 Å². The number of ether oxygens (including phenoxy) is 2. The van der Waals surface area contributed by atoms with E-state index in [2.05, 4.69) is 15.2 Å². The summed E-state index contributed by atoms with van der Waals surface area (Å²) < 4.78 is 16.3. The van der Waals surface area contributed by atoms with E-state index in [0.717, 1.165) is 29.5 Å². The number of H-pyrrole nitrogens is 1. The zero-order valence-corrected chi connectivity index (χ0v) is 17.3. The van der Waals surface area contributed by atoms with Gasteiger partial charge < -0.3 is 29.1 Å². The van der Waals surface area contributed by atoms with Crippen LogP contribution in [0.15, 0.2) is 45.8 Å². The molecule has 0 amide bonds. The second-order valence-electron chi connectivity index (χ2n) is 7.72. The lowest BCUT2D eigenvalue weighted by atomic mass is 10.1. The number of hydrogen-bond donors (Lipinski definition) is 2. The summed E-state index contributed by atoms with van der Waals surface area (Å²) in [6, 6.07) is 9.74. The number of aromatic nitrogens is 1. The van der Waals surface area contributed by atoms with Crippen molar-refractivity contribution in [3.8, 4) is 11.5 Å². The van der Waals surface area contributed by atoms with Gasteiger partial charge in [0, 0.05) is 23.1 Å². The Morgan fingerprint density at radius 1 is 1.20 bits per heavy atom. The van der Waals surface area contributed by atoms with Gasteiger partial charge in [0.1, 0.15) is 5.76 Å². The summed E-state index contributed by atoms with van der Waals surface area (Å²) in [7, 11) is 0. The zero-order valence-electron chi connectivity index (χ0n) is 16.5. The predicted octanol–water partition coefficient (Wildman–Crippen LogP) is 3.67. The molecule has 30 heavy (non-hydrogen) atoms. The Hall–Kier alpha value is -3.00. The molecule has 0 spiro atoms. The summed E-state index contributed by atoms with van der Waals surface area (Å²) >= 11 is 5.71. The van der Waals surface area contributed by atoms with E-state index in [0.29, 0.717) is 41.3 Å². The van der Waals surface area contributed by atoms with Crippen LogP contribution in [0.2, 0.25) is 0 Å². The van der Waals surface area contributed by atoms with Gasteiger partial charge in [0.05, 0.1) is 24.9 Å². The van der Waals surface area contributed by atoms with E-state index < -0.39 is 0 Å². The van der Waals surface area contributed by atoms with E-state index in [-0.39, 0.29) is 12.4 Å². The Morgan fingerprint density at radius 3 is 2.77 bits per heavy atom. The second-order valence-corrected chi connectivity index (χ2v) is 8.11. The molecule has 1 aliphatic heterocycles. The monoisotopic (exact) mass is 425 g/mol. The molecular formula is C22H23N3O4S. The fourth-order valence-corrected chi connectivity index (χ4v) is 4.49. The number of hydrogen-bond acceptors (Lipinski definition) is 5. The third kappa shape index (κ3) is 3.75. The average molecular weight is 426 g/mol. The van der Waals surface area contributed by atoms with E-state index in [9.17, 15) is 4.79 Å². The molecule has 7 nitrogen and oxygen atoms in total. The van der Waals surface area contributed by atoms with Gasteiger partial charge in [-0.05, 0) is 49.3 Å². The highest BCUT2D eigenvalue weighted by molar-refractivity contribution is 7.80. The molecule has 2 aliphatic rings. The first-order valence-electron chi connectivity index (χ1n) is 10.2. The third-order valence-electron chi connectivity index (χ3n) is 5.78. The highest BCUT2D eigenvalue weighted by Crippen LogP contribution is 2.35. The number of benzene rings is 1. The molecule has 1 aliphatic carbocycles. The number of furan rings is 1. The van der Waals surface area contributed by atoms with Crippen LogP contribution in [0.3, 0.4) is 0 Å². The molecule has 0 unspecified atom stereocenters. The summed E-state index contributed by atoms with van der Waals surface area (Å²) in [5.74, 6) is 2.17. The molecular weight excluding hydrogens is 402 g/mol. The first-order valence-corrected chi connectivity index (χ1v) is 10.6. The number of nitrogens with one attached hydrogen (secondary N) is 2. The Bertz CT molecular complexity index is 1120. The van der Waals surface area contributed by atoms with Crippen LogP contribution >= 0.6 is 12.2 Å². The van der Waals surface area contributed by atoms with E-state index in [1.807, 2.05) is 30.3 Å². The van der Waals surface area contributed by atoms with Crippen molar-refractivity contribution in [2.75, 3.05) is 6.79 Å². The minimum absolute atomic E-state index is 0.113. The van der Waals surface area contributed by atoms with Crippen LogP contribution in [0.5, 0.6) is 11.5 Å². The standard InChI is InChI=1S/C22H23N3O4S/c26-21-15(8-14-9-19-20(29-13-28-19)10-18(14)24-21)12-25(16-4-1-2-5-16)22(30)23-11-17-6-3-7-27-17/h3,6-10,16H,1-2,4-5,11-13H2,(H,23,30)(H,24,26). The Kier molecular flexibility index (Phi) is 5.08. The zero-order chi connectivity index (χ0) is 20.5. The minimum atomic E-state index is -0.113. The molecule has 8 heteroatoms. The van der Waals surface area contributed by atoms with Crippen molar-refractivity contribution in [2.24, 2.45) is 0 Å². The summed E-state index contributed by atoms with van der Waals surface area (Å²) in [6.07, 6.45) is 6.16. The van der Waals surface area contributed by atoms with Crippen molar-refractivity contribution in [2.45, 2.75) is 44.8 Å². The summed E-state index contributed by atoms with van der Waals surface area (Å²) in [6.45, 7) is 1.18. The molecule has 2 N–H and O–H groups in total. The lowest BCUT2D eigenvalue weighted by Crippen LogP contribution is -2.45. The summed E-state index contributed by atoms with van der Waals surface area (Å²) in [4.78, 5) is 17.9.